The molecule has 2 aromatic carbocycles. The predicted molar refractivity (Wildman–Crippen MR) is 88.6 cm³/mol. The van der Waals surface area contributed by atoms with Crippen molar-refractivity contribution in [3.05, 3.63) is 52.7 Å². The van der Waals surface area contributed by atoms with Gasteiger partial charge in [0.2, 0.25) is 6.79 Å². The largest absolute Gasteiger partial charge is 0.454 e. The summed E-state index contributed by atoms with van der Waals surface area (Å²) in [7, 11) is 0. The summed E-state index contributed by atoms with van der Waals surface area (Å²) in [5, 5.41) is 4.15. The number of carbonyl (C=O) groups is 1. The van der Waals surface area contributed by atoms with Crippen LogP contribution in [0.5, 0.6) is 11.5 Å². The van der Waals surface area contributed by atoms with Crippen molar-refractivity contribution in [2.75, 3.05) is 12.1 Å². The molecule has 0 radical (unpaired) electrons. The van der Waals surface area contributed by atoms with Crippen molar-refractivity contribution in [1.82, 2.24) is 4.98 Å². The molecule has 0 aliphatic carbocycles. The summed E-state index contributed by atoms with van der Waals surface area (Å²) < 4.78 is 10.6. The van der Waals surface area contributed by atoms with Crippen molar-refractivity contribution < 1.29 is 14.3 Å². The van der Waals surface area contributed by atoms with Crippen molar-refractivity contribution >= 4 is 34.1 Å². The van der Waals surface area contributed by atoms with Crippen LogP contribution < -0.4 is 14.8 Å². The number of halogens is 1. The van der Waals surface area contributed by atoms with Gasteiger partial charge < -0.3 is 19.8 Å². The Morgan fingerprint density at radius 1 is 1.22 bits per heavy atom. The second-order valence-electron chi connectivity index (χ2n) is 5.31. The summed E-state index contributed by atoms with van der Waals surface area (Å²) in [6.07, 6.45) is 0. The van der Waals surface area contributed by atoms with E-state index in [-0.39, 0.29) is 12.7 Å². The molecular formula is C17H13ClN2O3. The van der Waals surface area contributed by atoms with E-state index in [4.69, 9.17) is 21.1 Å². The van der Waals surface area contributed by atoms with E-state index in [2.05, 4.69) is 10.3 Å². The Kier molecular flexibility index (Phi) is 3.16. The molecule has 2 heterocycles. The smallest absolute Gasteiger partial charge is 0.258 e. The number of carbonyl (C=O) groups excluding carboxylic acids is 1. The first-order chi connectivity index (χ1) is 11.1. The zero-order chi connectivity index (χ0) is 16.0. The molecule has 6 heteroatoms. The maximum atomic E-state index is 12.7. The molecule has 4 rings (SSSR count). The van der Waals surface area contributed by atoms with E-state index in [9.17, 15) is 4.79 Å². The molecule has 0 bridgehead atoms. The van der Waals surface area contributed by atoms with Crippen molar-refractivity contribution in [3.63, 3.8) is 0 Å². The van der Waals surface area contributed by atoms with Crippen LogP contribution in [-0.2, 0) is 0 Å². The minimum Gasteiger partial charge on any atom is -0.454 e. The van der Waals surface area contributed by atoms with E-state index < -0.39 is 0 Å². The molecule has 2 N–H and O–H groups in total. The standard InChI is InChI=1S/C17H13ClN2O3/c1-9-15(16-11(18)3-2-4-12(16)19-9)17(21)20-10-5-6-13-14(7-10)23-8-22-13/h2-7,19H,8H2,1H3,(H,20,21). The van der Waals surface area contributed by atoms with Gasteiger partial charge in [0.1, 0.15) is 0 Å². The number of aromatic amines is 1. The number of rotatable bonds is 2. The van der Waals surface area contributed by atoms with Crippen molar-refractivity contribution in [3.8, 4) is 11.5 Å². The van der Waals surface area contributed by atoms with E-state index in [0.717, 1.165) is 16.6 Å². The van der Waals surface area contributed by atoms with Gasteiger partial charge in [-0.2, -0.15) is 0 Å². The van der Waals surface area contributed by atoms with Gasteiger partial charge in [-0.15, -0.1) is 0 Å². The zero-order valence-electron chi connectivity index (χ0n) is 12.3. The molecule has 0 fully saturated rings. The summed E-state index contributed by atoms with van der Waals surface area (Å²) in [4.78, 5) is 15.9. The van der Waals surface area contributed by atoms with Crippen LogP contribution in [0.3, 0.4) is 0 Å². The Bertz CT molecular complexity index is 933. The van der Waals surface area contributed by atoms with Crippen LogP contribution in [0.4, 0.5) is 5.69 Å². The van der Waals surface area contributed by atoms with Crippen LogP contribution in [0, 0.1) is 6.92 Å². The normalized spacial score (nSPS) is 12.6. The van der Waals surface area contributed by atoms with E-state index in [1.807, 2.05) is 19.1 Å². The minimum absolute atomic E-state index is 0.198. The summed E-state index contributed by atoms with van der Waals surface area (Å²) in [6.45, 7) is 2.05. The second-order valence-corrected chi connectivity index (χ2v) is 5.72. The first kappa shape index (κ1) is 14.0. The molecule has 1 aliphatic rings. The van der Waals surface area contributed by atoms with Crippen LogP contribution in [-0.4, -0.2) is 17.7 Å². The Balaban J connectivity index is 1.71. The average molecular weight is 329 g/mol. The zero-order valence-corrected chi connectivity index (χ0v) is 13.0. The lowest BCUT2D eigenvalue weighted by molar-refractivity contribution is 0.102. The van der Waals surface area contributed by atoms with Gasteiger partial charge in [-0.3, -0.25) is 4.79 Å². The van der Waals surface area contributed by atoms with Crippen LogP contribution in [0.1, 0.15) is 16.1 Å². The molecule has 1 amide bonds. The van der Waals surface area contributed by atoms with Gasteiger partial charge in [0.25, 0.3) is 5.91 Å². The van der Waals surface area contributed by atoms with E-state index in [1.165, 1.54) is 0 Å². The van der Waals surface area contributed by atoms with E-state index in [0.29, 0.717) is 27.8 Å². The molecule has 5 nitrogen and oxygen atoms in total. The predicted octanol–water partition coefficient (Wildman–Crippen LogP) is 4.11. The first-order valence-corrected chi connectivity index (χ1v) is 7.49. The number of amides is 1. The lowest BCUT2D eigenvalue weighted by Crippen LogP contribution is -2.12. The average Bonchev–Trinajstić information content (AvgIpc) is 3.10. The van der Waals surface area contributed by atoms with Gasteiger partial charge >= 0.3 is 0 Å². The van der Waals surface area contributed by atoms with Crippen LogP contribution in [0.2, 0.25) is 5.02 Å². The summed E-state index contributed by atoms with van der Waals surface area (Å²) in [5.41, 5.74) is 2.79. The maximum absolute atomic E-state index is 12.7. The van der Waals surface area contributed by atoms with Crippen LogP contribution >= 0.6 is 11.6 Å². The third-order valence-electron chi connectivity index (χ3n) is 3.82. The number of aromatic nitrogens is 1. The van der Waals surface area contributed by atoms with Gasteiger partial charge in [0, 0.05) is 28.4 Å². The van der Waals surface area contributed by atoms with Gasteiger partial charge in [0.15, 0.2) is 11.5 Å². The number of anilines is 1. The number of fused-ring (bicyclic) bond motifs is 2. The Labute approximate surface area is 137 Å². The van der Waals surface area contributed by atoms with E-state index >= 15 is 0 Å². The molecule has 0 atom stereocenters. The van der Waals surface area contributed by atoms with E-state index in [1.54, 1.807) is 24.3 Å². The highest BCUT2D eigenvalue weighted by atomic mass is 35.5. The number of ether oxygens (including phenoxy) is 2. The summed E-state index contributed by atoms with van der Waals surface area (Å²) in [5.74, 6) is 1.08. The summed E-state index contributed by atoms with van der Waals surface area (Å²) >= 11 is 6.26. The number of hydrogen-bond donors (Lipinski definition) is 2. The van der Waals surface area contributed by atoms with Crippen LogP contribution in [0.25, 0.3) is 10.9 Å². The lowest BCUT2D eigenvalue weighted by atomic mass is 10.1. The van der Waals surface area contributed by atoms with Crippen molar-refractivity contribution in [2.24, 2.45) is 0 Å². The number of hydrogen-bond acceptors (Lipinski definition) is 3. The number of benzene rings is 2. The van der Waals surface area contributed by atoms with Gasteiger partial charge in [-0.05, 0) is 31.2 Å². The minimum atomic E-state index is -0.222. The highest BCUT2D eigenvalue weighted by molar-refractivity contribution is 6.37. The highest BCUT2D eigenvalue weighted by Crippen LogP contribution is 2.35. The molecule has 0 saturated carbocycles. The molecule has 3 aromatic rings. The monoisotopic (exact) mass is 328 g/mol. The topological polar surface area (TPSA) is 63.4 Å². The van der Waals surface area contributed by atoms with Crippen LogP contribution in [0.15, 0.2) is 36.4 Å². The molecule has 0 saturated heterocycles. The van der Waals surface area contributed by atoms with Gasteiger partial charge in [-0.25, -0.2) is 0 Å². The van der Waals surface area contributed by atoms with Crippen molar-refractivity contribution in [1.29, 1.82) is 0 Å². The molecule has 0 unspecified atom stereocenters. The maximum Gasteiger partial charge on any atom is 0.258 e. The number of nitrogens with one attached hydrogen (secondary N) is 2. The van der Waals surface area contributed by atoms with Crippen molar-refractivity contribution in [2.45, 2.75) is 6.92 Å². The SMILES string of the molecule is Cc1[nH]c2cccc(Cl)c2c1C(=O)Nc1ccc2c(c1)OCO2. The third kappa shape index (κ3) is 2.29. The number of H-pyrrole nitrogens is 1. The molecule has 0 spiro atoms. The summed E-state index contributed by atoms with van der Waals surface area (Å²) in [6, 6.07) is 10.8. The Morgan fingerprint density at radius 2 is 2.04 bits per heavy atom. The highest BCUT2D eigenvalue weighted by Gasteiger charge is 2.19. The van der Waals surface area contributed by atoms with Gasteiger partial charge in [-0.1, -0.05) is 17.7 Å². The molecular weight excluding hydrogens is 316 g/mol. The second kappa shape index (κ2) is 5.21. The lowest BCUT2D eigenvalue weighted by Gasteiger charge is -2.07. The molecule has 1 aliphatic heterocycles. The fourth-order valence-electron chi connectivity index (χ4n) is 2.79. The first-order valence-electron chi connectivity index (χ1n) is 7.11. The Hall–Kier alpha value is -2.66. The molecule has 23 heavy (non-hydrogen) atoms. The quantitative estimate of drug-likeness (QED) is 0.744. The van der Waals surface area contributed by atoms with Gasteiger partial charge in [0.05, 0.1) is 10.6 Å². The molecule has 116 valence electrons. The Morgan fingerprint density at radius 3 is 2.91 bits per heavy atom. The third-order valence-corrected chi connectivity index (χ3v) is 4.13. The fourth-order valence-corrected chi connectivity index (χ4v) is 3.06. The molecule has 1 aromatic heterocycles. The number of aryl methyl sites for hydroxylation is 1. The fraction of sp³-hybridized carbons (Fsp3) is 0.118.